The van der Waals surface area contributed by atoms with Gasteiger partial charge in [-0.1, -0.05) is 25.3 Å². The van der Waals surface area contributed by atoms with Crippen molar-refractivity contribution in [1.29, 1.82) is 0 Å². The molecule has 2 aromatic heterocycles. The molecular formula is C18H22N2O2. The fraction of sp³-hybridized carbons (Fsp3) is 0.444. The normalized spacial score (nSPS) is 15.6. The van der Waals surface area contributed by atoms with Gasteiger partial charge in [0.2, 0.25) is 5.91 Å². The van der Waals surface area contributed by atoms with Crippen molar-refractivity contribution in [3.8, 4) is 11.5 Å². The molecule has 3 rings (SSSR count). The molecular weight excluding hydrogens is 276 g/mol. The molecule has 0 atom stereocenters. The lowest BCUT2D eigenvalue weighted by atomic mass is 9.87. The lowest BCUT2D eigenvalue weighted by Gasteiger charge is -2.20. The second-order valence-electron chi connectivity index (χ2n) is 6.01. The average Bonchev–Trinajstić information content (AvgIpc) is 3.09. The molecule has 0 radical (unpaired) electrons. The minimum absolute atomic E-state index is 0.155. The molecule has 1 fully saturated rings. The number of pyridine rings is 1. The number of amides is 1. The Morgan fingerprint density at radius 2 is 2.09 bits per heavy atom. The highest BCUT2D eigenvalue weighted by molar-refractivity contribution is 5.76. The first kappa shape index (κ1) is 14.8. The summed E-state index contributed by atoms with van der Waals surface area (Å²) in [5.41, 5.74) is 1.81. The van der Waals surface area contributed by atoms with E-state index in [1.54, 1.807) is 12.5 Å². The highest BCUT2D eigenvalue weighted by atomic mass is 16.3. The number of nitrogens with one attached hydrogen (secondary N) is 1. The number of furan rings is 1. The van der Waals surface area contributed by atoms with Crippen LogP contribution in [0, 0.1) is 5.92 Å². The van der Waals surface area contributed by atoms with E-state index in [-0.39, 0.29) is 5.91 Å². The van der Waals surface area contributed by atoms with Crippen LogP contribution in [0.1, 0.15) is 44.1 Å². The average molecular weight is 298 g/mol. The summed E-state index contributed by atoms with van der Waals surface area (Å²) in [7, 11) is 0. The largest absolute Gasteiger partial charge is 0.463 e. The third-order valence-corrected chi connectivity index (χ3v) is 4.29. The number of hydrogen-bond acceptors (Lipinski definition) is 3. The first-order valence-electron chi connectivity index (χ1n) is 8.07. The molecule has 0 spiro atoms. The second-order valence-corrected chi connectivity index (χ2v) is 6.01. The van der Waals surface area contributed by atoms with Crippen molar-refractivity contribution in [2.45, 2.75) is 45.1 Å². The van der Waals surface area contributed by atoms with Gasteiger partial charge in [-0.2, -0.15) is 0 Å². The smallest absolute Gasteiger partial charge is 0.220 e. The zero-order valence-electron chi connectivity index (χ0n) is 12.8. The van der Waals surface area contributed by atoms with Gasteiger partial charge in [0.1, 0.15) is 5.69 Å². The molecule has 22 heavy (non-hydrogen) atoms. The van der Waals surface area contributed by atoms with Crippen molar-refractivity contribution in [2.24, 2.45) is 5.92 Å². The summed E-state index contributed by atoms with van der Waals surface area (Å²) in [6.07, 6.45) is 10.4. The summed E-state index contributed by atoms with van der Waals surface area (Å²) in [6.45, 7) is 0.539. The molecule has 4 heteroatoms. The molecule has 1 aliphatic carbocycles. The quantitative estimate of drug-likeness (QED) is 0.910. The van der Waals surface area contributed by atoms with Gasteiger partial charge in [0, 0.05) is 19.2 Å². The van der Waals surface area contributed by atoms with E-state index in [0.29, 0.717) is 18.9 Å². The number of aromatic nitrogens is 1. The van der Waals surface area contributed by atoms with E-state index in [1.807, 2.05) is 24.3 Å². The van der Waals surface area contributed by atoms with Crippen LogP contribution in [0.5, 0.6) is 0 Å². The van der Waals surface area contributed by atoms with Crippen molar-refractivity contribution in [1.82, 2.24) is 10.3 Å². The van der Waals surface area contributed by atoms with Gasteiger partial charge in [0.05, 0.1) is 6.26 Å². The number of carbonyl (C=O) groups is 1. The van der Waals surface area contributed by atoms with Crippen LogP contribution in [0.4, 0.5) is 0 Å². The van der Waals surface area contributed by atoms with E-state index in [0.717, 1.165) is 17.0 Å². The van der Waals surface area contributed by atoms with E-state index in [2.05, 4.69) is 10.3 Å². The molecule has 1 N–H and O–H groups in total. The van der Waals surface area contributed by atoms with E-state index in [4.69, 9.17) is 4.42 Å². The SMILES string of the molecule is O=C(CC1CCCCC1)NCc1ccc(-c2ccco2)nc1. The van der Waals surface area contributed by atoms with E-state index < -0.39 is 0 Å². The van der Waals surface area contributed by atoms with Gasteiger partial charge >= 0.3 is 0 Å². The van der Waals surface area contributed by atoms with Crippen molar-refractivity contribution < 1.29 is 9.21 Å². The van der Waals surface area contributed by atoms with Gasteiger partial charge in [-0.25, -0.2) is 0 Å². The predicted molar refractivity (Wildman–Crippen MR) is 85.0 cm³/mol. The van der Waals surface area contributed by atoms with Gasteiger partial charge < -0.3 is 9.73 Å². The molecule has 2 heterocycles. The number of hydrogen-bond donors (Lipinski definition) is 1. The van der Waals surface area contributed by atoms with Crippen LogP contribution in [0.3, 0.4) is 0 Å². The zero-order chi connectivity index (χ0) is 15.2. The van der Waals surface area contributed by atoms with Crippen LogP contribution >= 0.6 is 0 Å². The van der Waals surface area contributed by atoms with Crippen LogP contribution < -0.4 is 5.32 Å². The van der Waals surface area contributed by atoms with Gasteiger partial charge in [0.25, 0.3) is 0 Å². The van der Waals surface area contributed by atoms with Crippen molar-refractivity contribution in [3.05, 3.63) is 42.3 Å². The summed E-state index contributed by atoms with van der Waals surface area (Å²) >= 11 is 0. The lowest BCUT2D eigenvalue weighted by molar-refractivity contribution is -0.122. The number of nitrogens with zero attached hydrogens (tertiary/aromatic N) is 1. The number of carbonyl (C=O) groups excluding carboxylic acids is 1. The van der Waals surface area contributed by atoms with Crippen LogP contribution in [-0.4, -0.2) is 10.9 Å². The van der Waals surface area contributed by atoms with E-state index >= 15 is 0 Å². The molecule has 0 unspecified atom stereocenters. The summed E-state index contributed by atoms with van der Waals surface area (Å²) in [5, 5.41) is 3.00. The van der Waals surface area contributed by atoms with Crippen molar-refractivity contribution in [3.63, 3.8) is 0 Å². The molecule has 1 saturated carbocycles. The molecule has 0 saturated heterocycles. The van der Waals surface area contributed by atoms with Crippen LogP contribution in [0.15, 0.2) is 41.1 Å². The maximum absolute atomic E-state index is 12.0. The first-order valence-corrected chi connectivity index (χ1v) is 8.07. The third-order valence-electron chi connectivity index (χ3n) is 4.29. The Kier molecular flexibility index (Phi) is 4.88. The predicted octanol–water partition coefficient (Wildman–Crippen LogP) is 3.93. The summed E-state index contributed by atoms with van der Waals surface area (Å²) < 4.78 is 5.31. The first-order chi connectivity index (χ1) is 10.8. The zero-order valence-corrected chi connectivity index (χ0v) is 12.8. The molecule has 4 nitrogen and oxygen atoms in total. The monoisotopic (exact) mass is 298 g/mol. The summed E-state index contributed by atoms with van der Waals surface area (Å²) in [4.78, 5) is 16.4. The van der Waals surface area contributed by atoms with Gasteiger partial charge in [-0.3, -0.25) is 9.78 Å². The molecule has 0 aliphatic heterocycles. The van der Waals surface area contributed by atoms with Crippen molar-refractivity contribution in [2.75, 3.05) is 0 Å². The Labute approximate surface area is 130 Å². The Morgan fingerprint density at radius 3 is 2.77 bits per heavy atom. The maximum atomic E-state index is 12.0. The minimum Gasteiger partial charge on any atom is -0.463 e. The number of rotatable bonds is 5. The van der Waals surface area contributed by atoms with E-state index in [9.17, 15) is 4.79 Å². The Balaban J connectivity index is 1.47. The van der Waals surface area contributed by atoms with Crippen LogP contribution in [0.2, 0.25) is 0 Å². The highest BCUT2D eigenvalue weighted by Crippen LogP contribution is 2.26. The third kappa shape index (κ3) is 3.97. The Morgan fingerprint density at radius 1 is 1.23 bits per heavy atom. The lowest BCUT2D eigenvalue weighted by Crippen LogP contribution is -2.25. The summed E-state index contributed by atoms with van der Waals surface area (Å²) in [6, 6.07) is 7.62. The van der Waals surface area contributed by atoms with Gasteiger partial charge in [0.15, 0.2) is 5.76 Å². The fourth-order valence-corrected chi connectivity index (χ4v) is 3.03. The standard InChI is InChI=1S/C18H22N2O2/c21-18(11-14-5-2-1-3-6-14)20-13-15-8-9-16(19-12-15)17-7-4-10-22-17/h4,7-10,12,14H,1-3,5-6,11,13H2,(H,20,21). The molecule has 1 aliphatic rings. The van der Waals surface area contributed by atoms with E-state index in [1.165, 1.54) is 32.1 Å². The molecule has 116 valence electrons. The second kappa shape index (κ2) is 7.25. The highest BCUT2D eigenvalue weighted by Gasteiger charge is 2.16. The molecule has 0 bridgehead atoms. The molecule has 2 aromatic rings. The van der Waals surface area contributed by atoms with Crippen LogP contribution in [-0.2, 0) is 11.3 Å². The minimum atomic E-state index is 0.155. The van der Waals surface area contributed by atoms with Crippen LogP contribution in [0.25, 0.3) is 11.5 Å². The van der Waals surface area contributed by atoms with Gasteiger partial charge in [-0.05, 0) is 42.5 Å². The van der Waals surface area contributed by atoms with Gasteiger partial charge in [-0.15, -0.1) is 0 Å². The summed E-state index contributed by atoms with van der Waals surface area (Å²) in [5.74, 6) is 1.49. The topological polar surface area (TPSA) is 55.1 Å². The fourth-order valence-electron chi connectivity index (χ4n) is 3.03. The molecule has 0 aromatic carbocycles. The molecule has 1 amide bonds. The Hall–Kier alpha value is -2.10. The van der Waals surface area contributed by atoms with Crippen molar-refractivity contribution >= 4 is 5.91 Å². The maximum Gasteiger partial charge on any atom is 0.220 e. The Bertz CT molecular complexity index is 584.